The molecule has 48 heavy (non-hydrogen) atoms. The summed E-state index contributed by atoms with van der Waals surface area (Å²) in [5.41, 5.74) is 1.21. The molecule has 0 unspecified atom stereocenters. The number of halogens is 4. The number of aliphatic imine (C=N–C) groups is 3. The average molecular weight is 697 g/mol. The third-order valence-corrected chi connectivity index (χ3v) is 6.84. The molecule has 0 fully saturated rings. The number of carbonyl (C=O) groups is 3. The van der Waals surface area contributed by atoms with Crippen LogP contribution >= 0.6 is 11.6 Å². The number of alkyl halides is 3. The van der Waals surface area contributed by atoms with E-state index in [-0.39, 0.29) is 63.4 Å². The largest absolute Gasteiger partial charge is 0.492 e. The molecule has 3 N–H and O–H groups in total. The van der Waals surface area contributed by atoms with Gasteiger partial charge < -0.3 is 30.1 Å². The molecule has 0 aromatic heterocycles. The molecule has 0 aliphatic rings. The number of hydrogen-bond donors (Lipinski definition) is 3. The highest BCUT2D eigenvalue weighted by Crippen LogP contribution is 2.26. The highest BCUT2D eigenvalue weighted by atomic mass is 35.5. The quantitative estimate of drug-likeness (QED) is 0.0782. The van der Waals surface area contributed by atoms with Crippen LogP contribution in [0.1, 0.15) is 49.0 Å². The Labute approximate surface area is 282 Å². The van der Waals surface area contributed by atoms with E-state index in [2.05, 4.69) is 43.8 Å². The number of carboxylic acids is 1. The number of aliphatic carboxylic acids is 1. The third-order valence-electron chi connectivity index (χ3n) is 6.55. The molecular formula is C32H40ClF3N6O6. The monoisotopic (exact) mass is 696 g/mol. The Kier molecular flexibility index (Phi) is 16.0. The van der Waals surface area contributed by atoms with Crippen LogP contribution in [0.4, 0.5) is 18.9 Å². The van der Waals surface area contributed by atoms with Crippen LogP contribution in [0.5, 0.6) is 5.75 Å². The van der Waals surface area contributed by atoms with Crippen molar-refractivity contribution in [1.29, 1.82) is 0 Å². The lowest BCUT2D eigenvalue weighted by atomic mass is 9.92. The minimum atomic E-state index is -4.45. The fraction of sp³-hybridized carbons (Fsp3) is 0.438. The van der Waals surface area contributed by atoms with Crippen LogP contribution in [-0.2, 0) is 20.9 Å². The standard InChI is InChI=1S/C32H40ClF3N6O6/c1-31(2,18-40-29(46)23-7-9-24(37-3)10-8-23)19-42(27(43)12-13-28(44)45)14-5-15-48-26-11-6-22(16-25(26)33)17-39-30(38-4)41-21-47-20-32(34,35)36/h6-11,16H,3-5,12-15,17-21H2,1-2H3,(H,39,41)(H,40,46)(H,44,45). The predicted molar refractivity (Wildman–Crippen MR) is 177 cm³/mol. The summed E-state index contributed by atoms with van der Waals surface area (Å²) in [7, 11) is 0. The molecule has 0 saturated heterocycles. The van der Waals surface area contributed by atoms with Gasteiger partial charge in [0.15, 0.2) is 0 Å². The zero-order valence-corrected chi connectivity index (χ0v) is 27.6. The molecule has 0 atom stereocenters. The van der Waals surface area contributed by atoms with Crippen molar-refractivity contribution in [1.82, 2.24) is 15.5 Å². The fourth-order valence-corrected chi connectivity index (χ4v) is 4.44. The molecule has 16 heteroatoms. The van der Waals surface area contributed by atoms with Crippen molar-refractivity contribution in [3.63, 3.8) is 0 Å². The van der Waals surface area contributed by atoms with Crippen molar-refractivity contribution in [2.24, 2.45) is 20.4 Å². The van der Waals surface area contributed by atoms with Crippen LogP contribution in [0.25, 0.3) is 0 Å². The van der Waals surface area contributed by atoms with Gasteiger partial charge >= 0.3 is 12.1 Å². The first-order valence-corrected chi connectivity index (χ1v) is 15.2. The number of benzene rings is 2. The summed E-state index contributed by atoms with van der Waals surface area (Å²) >= 11 is 6.38. The highest BCUT2D eigenvalue weighted by Gasteiger charge is 2.28. The van der Waals surface area contributed by atoms with E-state index >= 15 is 0 Å². The number of rotatable bonds is 19. The molecule has 12 nitrogen and oxygen atoms in total. The van der Waals surface area contributed by atoms with Crippen molar-refractivity contribution in [3.8, 4) is 5.75 Å². The number of hydrogen-bond acceptors (Lipinski definition) is 7. The van der Waals surface area contributed by atoms with Crippen LogP contribution in [0, 0.1) is 5.41 Å². The van der Waals surface area contributed by atoms with E-state index in [1.165, 1.54) is 0 Å². The summed E-state index contributed by atoms with van der Waals surface area (Å²) in [4.78, 5) is 49.9. The van der Waals surface area contributed by atoms with Crippen molar-refractivity contribution in [2.75, 3.05) is 39.6 Å². The third kappa shape index (κ3) is 15.4. The Hall–Kier alpha value is -4.50. The molecule has 0 saturated carbocycles. The van der Waals surface area contributed by atoms with Gasteiger partial charge in [0.2, 0.25) is 11.9 Å². The molecular weight excluding hydrogens is 657 g/mol. The molecule has 0 aliphatic heterocycles. The summed E-state index contributed by atoms with van der Waals surface area (Å²) in [5.74, 6) is -1.31. The van der Waals surface area contributed by atoms with Crippen LogP contribution in [0.2, 0.25) is 5.02 Å². The van der Waals surface area contributed by atoms with Crippen LogP contribution in [-0.4, -0.2) is 92.9 Å². The van der Waals surface area contributed by atoms with E-state index in [4.69, 9.17) is 21.4 Å². The van der Waals surface area contributed by atoms with Gasteiger partial charge in [-0.05, 0) is 67.2 Å². The lowest BCUT2D eigenvalue weighted by molar-refractivity contribution is -0.174. The Morgan fingerprint density at radius 2 is 1.75 bits per heavy atom. The Morgan fingerprint density at radius 1 is 1.04 bits per heavy atom. The molecule has 2 amide bonds. The summed E-state index contributed by atoms with van der Waals surface area (Å²) in [5, 5.41) is 14.8. The van der Waals surface area contributed by atoms with Gasteiger partial charge in [-0.3, -0.25) is 19.4 Å². The second kappa shape index (κ2) is 19.4. The zero-order valence-electron chi connectivity index (χ0n) is 26.8. The van der Waals surface area contributed by atoms with Gasteiger partial charge in [-0.25, -0.2) is 9.98 Å². The fourth-order valence-electron chi connectivity index (χ4n) is 4.18. The van der Waals surface area contributed by atoms with Gasteiger partial charge in [0.25, 0.3) is 5.91 Å². The molecule has 2 aromatic carbocycles. The zero-order chi connectivity index (χ0) is 35.7. The molecule has 2 rings (SSSR count). The molecule has 0 heterocycles. The van der Waals surface area contributed by atoms with Gasteiger partial charge in [0, 0.05) is 31.6 Å². The molecule has 0 bridgehead atoms. The van der Waals surface area contributed by atoms with Crippen LogP contribution < -0.4 is 15.4 Å². The van der Waals surface area contributed by atoms with E-state index in [9.17, 15) is 27.6 Å². The smallest absolute Gasteiger partial charge is 0.411 e. The maximum absolute atomic E-state index is 13.0. The van der Waals surface area contributed by atoms with Crippen LogP contribution in [0.3, 0.4) is 0 Å². The van der Waals surface area contributed by atoms with Crippen molar-refractivity contribution in [2.45, 2.75) is 45.8 Å². The van der Waals surface area contributed by atoms with Gasteiger partial charge in [-0.1, -0.05) is 31.5 Å². The number of guanidine groups is 1. The molecule has 0 radical (unpaired) electrons. The highest BCUT2D eigenvalue weighted by molar-refractivity contribution is 6.32. The lowest BCUT2D eigenvalue weighted by Crippen LogP contribution is -2.45. The first-order valence-electron chi connectivity index (χ1n) is 14.8. The van der Waals surface area contributed by atoms with E-state index < -0.39 is 30.9 Å². The number of carboxylic acid groups (broad SMARTS) is 1. The van der Waals surface area contributed by atoms with Gasteiger partial charge in [0.05, 0.1) is 30.3 Å². The first kappa shape index (κ1) is 39.7. The number of carbonyl (C=O) groups excluding carboxylic acids is 2. The van der Waals surface area contributed by atoms with E-state index in [1.807, 2.05) is 13.8 Å². The SMILES string of the molecule is C=NC(=NCc1ccc(OCCCN(CC(C)(C)CNC(=O)c2ccc(N=C)cc2)C(=O)CCC(=O)O)c(Cl)c1)NCOCC(F)(F)F. The minimum absolute atomic E-state index is 0.00190. The summed E-state index contributed by atoms with van der Waals surface area (Å²) in [6.45, 7) is 9.77. The Balaban J connectivity index is 1.93. The number of amides is 2. The molecule has 0 aliphatic carbocycles. The molecule has 262 valence electrons. The van der Waals surface area contributed by atoms with E-state index in [0.29, 0.717) is 34.0 Å². The predicted octanol–water partition coefficient (Wildman–Crippen LogP) is 5.27. The topological polar surface area (TPSA) is 154 Å². The summed E-state index contributed by atoms with van der Waals surface area (Å²) < 4.78 is 46.9. The molecule has 0 spiro atoms. The van der Waals surface area contributed by atoms with Gasteiger partial charge in [-0.15, -0.1) is 0 Å². The van der Waals surface area contributed by atoms with Gasteiger partial charge in [0.1, 0.15) is 19.1 Å². The summed E-state index contributed by atoms with van der Waals surface area (Å²) in [6, 6.07) is 11.6. The minimum Gasteiger partial charge on any atom is -0.492 e. The lowest BCUT2D eigenvalue weighted by Gasteiger charge is -2.33. The number of nitrogens with zero attached hydrogens (tertiary/aromatic N) is 4. The number of nitrogens with one attached hydrogen (secondary N) is 2. The Bertz CT molecular complexity index is 1440. The van der Waals surface area contributed by atoms with Crippen molar-refractivity contribution >= 4 is 54.5 Å². The average Bonchev–Trinajstić information content (AvgIpc) is 3.03. The first-order chi connectivity index (χ1) is 22.6. The second-order valence-corrected chi connectivity index (χ2v) is 11.7. The normalized spacial score (nSPS) is 11.8. The van der Waals surface area contributed by atoms with E-state index in [1.54, 1.807) is 47.4 Å². The second-order valence-electron chi connectivity index (χ2n) is 11.3. The van der Waals surface area contributed by atoms with Crippen LogP contribution in [0.15, 0.2) is 57.4 Å². The van der Waals surface area contributed by atoms with E-state index in [0.717, 1.165) is 0 Å². The van der Waals surface area contributed by atoms with Gasteiger partial charge in [-0.2, -0.15) is 13.2 Å². The maximum atomic E-state index is 13.0. The summed E-state index contributed by atoms with van der Waals surface area (Å²) in [6.07, 6.45) is -4.52. The number of ether oxygens (including phenoxy) is 2. The van der Waals surface area contributed by atoms with Crippen molar-refractivity contribution in [3.05, 3.63) is 58.6 Å². The Morgan fingerprint density at radius 3 is 2.35 bits per heavy atom. The van der Waals surface area contributed by atoms with Crippen molar-refractivity contribution < 1.29 is 42.1 Å². The maximum Gasteiger partial charge on any atom is 0.411 e. The molecule has 2 aromatic rings.